The molecule has 1 spiro atoms. The van der Waals surface area contributed by atoms with Crippen molar-refractivity contribution < 1.29 is 18.3 Å². The van der Waals surface area contributed by atoms with Gasteiger partial charge in [-0.1, -0.05) is 0 Å². The number of carbonyl (C=O) groups excluding carboxylic acids is 1. The van der Waals surface area contributed by atoms with E-state index in [0.717, 1.165) is 32.5 Å². The number of rotatable bonds is 3. The van der Waals surface area contributed by atoms with Gasteiger partial charge in [0.2, 0.25) is 0 Å². The normalized spacial score (nSPS) is 21.8. The lowest BCUT2D eigenvalue weighted by molar-refractivity contribution is -0.0498. The molecule has 1 aromatic rings. The van der Waals surface area contributed by atoms with Crippen molar-refractivity contribution in [3.05, 3.63) is 29.8 Å². The first kappa shape index (κ1) is 19.0. The van der Waals surface area contributed by atoms with Gasteiger partial charge in [0.25, 0.3) is 5.91 Å². The number of piperidine rings is 1. The predicted molar refractivity (Wildman–Crippen MR) is 95.7 cm³/mol. The molecule has 0 radical (unpaired) electrons. The molecule has 0 N–H and O–H groups in total. The van der Waals surface area contributed by atoms with Crippen LogP contribution in [0.15, 0.2) is 24.3 Å². The van der Waals surface area contributed by atoms with Crippen LogP contribution in [-0.4, -0.2) is 79.6 Å². The van der Waals surface area contributed by atoms with E-state index in [0.29, 0.717) is 18.7 Å². The van der Waals surface area contributed by atoms with E-state index >= 15 is 0 Å². The Bertz CT molecular complexity index is 616. The van der Waals surface area contributed by atoms with Crippen LogP contribution in [0.2, 0.25) is 0 Å². The maximum absolute atomic E-state index is 12.7. The molecule has 26 heavy (non-hydrogen) atoms. The van der Waals surface area contributed by atoms with Crippen LogP contribution in [0, 0.1) is 0 Å². The molecule has 3 rings (SSSR count). The molecule has 0 aromatic heterocycles. The van der Waals surface area contributed by atoms with Gasteiger partial charge in [-0.25, -0.2) is 0 Å². The lowest BCUT2D eigenvalue weighted by atomic mass is 9.85. The third-order valence-corrected chi connectivity index (χ3v) is 5.72. The summed E-state index contributed by atoms with van der Waals surface area (Å²) < 4.78 is 28.8. The molecule has 0 aliphatic carbocycles. The smallest absolute Gasteiger partial charge is 0.387 e. The van der Waals surface area contributed by atoms with Gasteiger partial charge in [0, 0.05) is 30.7 Å². The van der Waals surface area contributed by atoms with Crippen molar-refractivity contribution in [2.24, 2.45) is 0 Å². The van der Waals surface area contributed by atoms with Gasteiger partial charge < -0.3 is 14.5 Å². The van der Waals surface area contributed by atoms with Crippen molar-refractivity contribution in [2.75, 3.05) is 46.8 Å². The summed E-state index contributed by atoms with van der Waals surface area (Å²) in [5.74, 6) is 0.0188. The fourth-order valence-electron chi connectivity index (χ4n) is 4.14. The standard InChI is InChI=1S/C19H27F2N3O2/c1-22-10-3-11-23(2)19(14-22)8-12-24(13-9-19)17(25)15-4-6-16(7-5-15)26-18(20)21/h4-7,18H,3,8-14H2,1-2H3. The van der Waals surface area contributed by atoms with Crippen molar-refractivity contribution >= 4 is 5.91 Å². The van der Waals surface area contributed by atoms with Gasteiger partial charge >= 0.3 is 6.61 Å². The zero-order valence-corrected chi connectivity index (χ0v) is 15.5. The quantitative estimate of drug-likeness (QED) is 0.823. The van der Waals surface area contributed by atoms with Crippen LogP contribution < -0.4 is 4.74 Å². The predicted octanol–water partition coefficient (Wildman–Crippen LogP) is 2.53. The highest BCUT2D eigenvalue weighted by atomic mass is 19.3. The Balaban J connectivity index is 1.63. The first-order chi connectivity index (χ1) is 12.4. The summed E-state index contributed by atoms with van der Waals surface area (Å²) in [7, 11) is 4.36. The summed E-state index contributed by atoms with van der Waals surface area (Å²) in [5, 5.41) is 0. The molecule has 0 bridgehead atoms. The maximum Gasteiger partial charge on any atom is 0.387 e. The number of halogens is 2. The molecule has 5 nitrogen and oxygen atoms in total. The van der Waals surface area contributed by atoms with E-state index in [4.69, 9.17) is 0 Å². The van der Waals surface area contributed by atoms with Crippen molar-refractivity contribution in [3.63, 3.8) is 0 Å². The van der Waals surface area contributed by atoms with E-state index in [1.54, 1.807) is 12.1 Å². The van der Waals surface area contributed by atoms with Gasteiger partial charge in [-0.3, -0.25) is 9.69 Å². The number of nitrogens with zero attached hydrogens (tertiary/aromatic N) is 3. The van der Waals surface area contributed by atoms with E-state index in [1.807, 2.05) is 4.90 Å². The van der Waals surface area contributed by atoms with Gasteiger partial charge in [-0.2, -0.15) is 8.78 Å². The monoisotopic (exact) mass is 367 g/mol. The second kappa shape index (κ2) is 7.88. The van der Waals surface area contributed by atoms with E-state index < -0.39 is 6.61 Å². The average Bonchev–Trinajstić information content (AvgIpc) is 2.74. The minimum absolute atomic E-state index is 0.0481. The van der Waals surface area contributed by atoms with Gasteiger partial charge in [0.15, 0.2) is 0 Å². The van der Waals surface area contributed by atoms with Crippen LogP contribution in [0.5, 0.6) is 5.75 Å². The lowest BCUT2D eigenvalue weighted by Gasteiger charge is -2.47. The Labute approximate surface area is 153 Å². The molecule has 7 heteroatoms. The molecule has 2 saturated heterocycles. The number of alkyl halides is 2. The third-order valence-electron chi connectivity index (χ3n) is 5.72. The zero-order valence-electron chi connectivity index (χ0n) is 15.5. The molecule has 2 heterocycles. The van der Waals surface area contributed by atoms with E-state index in [2.05, 4.69) is 28.6 Å². The van der Waals surface area contributed by atoms with Crippen LogP contribution in [0.4, 0.5) is 8.78 Å². The molecule has 144 valence electrons. The number of amides is 1. The molecule has 2 fully saturated rings. The third kappa shape index (κ3) is 4.15. The number of hydrogen-bond acceptors (Lipinski definition) is 4. The number of hydrogen-bond donors (Lipinski definition) is 0. The number of likely N-dealkylation sites (tertiary alicyclic amines) is 1. The largest absolute Gasteiger partial charge is 0.435 e. The highest BCUT2D eigenvalue weighted by Gasteiger charge is 2.41. The van der Waals surface area contributed by atoms with Crippen LogP contribution in [0.3, 0.4) is 0 Å². The molecule has 0 unspecified atom stereocenters. The number of carbonyl (C=O) groups is 1. The fourth-order valence-corrected chi connectivity index (χ4v) is 4.14. The lowest BCUT2D eigenvalue weighted by Crippen LogP contribution is -2.58. The summed E-state index contributed by atoms with van der Waals surface area (Å²) in [6.45, 7) is 1.81. The van der Waals surface area contributed by atoms with Gasteiger partial charge in [-0.15, -0.1) is 0 Å². The molecular weight excluding hydrogens is 340 g/mol. The molecule has 2 aliphatic heterocycles. The fraction of sp³-hybridized carbons (Fsp3) is 0.632. The molecule has 0 atom stereocenters. The summed E-state index contributed by atoms with van der Waals surface area (Å²) in [6.07, 6.45) is 3.07. The van der Waals surface area contributed by atoms with Crippen molar-refractivity contribution in [1.29, 1.82) is 0 Å². The van der Waals surface area contributed by atoms with Crippen molar-refractivity contribution in [1.82, 2.24) is 14.7 Å². The summed E-state index contributed by atoms with van der Waals surface area (Å²) >= 11 is 0. The Morgan fingerprint density at radius 2 is 1.73 bits per heavy atom. The SMILES string of the molecule is CN1CCCN(C)C2(CCN(C(=O)c3ccc(OC(F)F)cc3)CC2)C1. The zero-order chi connectivity index (χ0) is 18.7. The van der Waals surface area contributed by atoms with Crippen LogP contribution in [0.1, 0.15) is 29.6 Å². The van der Waals surface area contributed by atoms with Gasteiger partial charge in [0.1, 0.15) is 5.75 Å². The van der Waals surface area contributed by atoms with Crippen molar-refractivity contribution in [2.45, 2.75) is 31.4 Å². The van der Waals surface area contributed by atoms with E-state index in [9.17, 15) is 13.6 Å². The van der Waals surface area contributed by atoms with E-state index in [1.165, 1.54) is 18.6 Å². The average molecular weight is 367 g/mol. The van der Waals surface area contributed by atoms with Gasteiger partial charge in [-0.05, 0) is 70.7 Å². The Morgan fingerprint density at radius 3 is 2.35 bits per heavy atom. The Morgan fingerprint density at radius 1 is 1.08 bits per heavy atom. The molecule has 0 saturated carbocycles. The molecule has 1 aromatic carbocycles. The highest BCUT2D eigenvalue weighted by Crippen LogP contribution is 2.31. The minimum atomic E-state index is -2.86. The van der Waals surface area contributed by atoms with E-state index in [-0.39, 0.29) is 17.2 Å². The second-order valence-corrected chi connectivity index (χ2v) is 7.43. The number of likely N-dealkylation sites (N-methyl/N-ethyl adjacent to an activating group) is 2. The summed E-state index contributed by atoms with van der Waals surface area (Å²) in [5.41, 5.74) is 0.644. The minimum Gasteiger partial charge on any atom is -0.435 e. The Hall–Kier alpha value is -1.73. The maximum atomic E-state index is 12.7. The van der Waals surface area contributed by atoms with Gasteiger partial charge in [0.05, 0.1) is 0 Å². The summed E-state index contributed by atoms with van der Waals surface area (Å²) in [4.78, 5) is 19.5. The number of benzene rings is 1. The Kier molecular flexibility index (Phi) is 5.77. The topological polar surface area (TPSA) is 36.0 Å². The molecule has 1 amide bonds. The van der Waals surface area contributed by atoms with Crippen LogP contribution in [-0.2, 0) is 0 Å². The first-order valence-electron chi connectivity index (χ1n) is 9.14. The first-order valence-corrected chi connectivity index (χ1v) is 9.14. The second-order valence-electron chi connectivity index (χ2n) is 7.43. The van der Waals surface area contributed by atoms with Crippen molar-refractivity contribution in [3.8, 4) is 5.75 Å². The summed E-state index contributed by atoms with van der Waals surface area (Å²) in [6, 6.07) is 5.93. The highest BCUT2D eigenvalue weighted by molar-refractivity contribution is 5.94. The van der Waals surface area contributed by atoms with Crippen LogP contribution in [0.25, 0.3) is 0 Å². The molecular formula is C19H27F2N3O2. The molecule has 2 aliphatic rings. The van der Waals surface area contributed by atoms with Crippen LogP contribution >= 0.6 is 0 Å². The number of ether oxygens (including phenoxy) is 1.